The van der Waals surface area contributed by atoms with Gasteiger partial charge in [-0.2, -0.15) is 0 Å². The molecule has 0 unspecified atom stereocenters. The van der Waals surface area contributed by atoms with Crippen molar-refractivity contribution < 1.29 is 14.3 Å². The first-order chi connectivity index (χ1) is 13.6. The van der Waals surface area contributed by atoms with Gasteiger partial charge in [0.1, 0.15) is 11.5 Å². The molecule has 0 radical (unpaired) electrons. The van der Waals surface area contributed by atoms with Gasteiger partial charge in [0.25, 0.3) is 5.91 Å². The number of hydrogen-bond acceptors (Lipinski definition) is 3. The molecule has 0 saturated heterocycles. The number of hydrogen-bond donors (Lipinski definition) is 1. The molecular formula is C23H22ClNO3. The van der Waals surface area contributed by atoms with E-state index < -0.39 is 0 Å². The summed E-state index contributed by atoms with van der Waals surface area (Å²) < 4.78 is 11.1. The first kappa shape index (κ1) is 19.8. The molecule has 28 heavy (non-hydrogen) atoms. The Hall–Kier alpha value is -2.98. The number of carbonyl (C=O) groups excluding carboxylic acids is 1. The summed E-state index contributed by atoms with van der Waals surface area (Å²) in [5.41, 5.74) is 3.63. The van der Waals surface area contributed by atoms with Crippen LogP contribution in [0.3, 0.4) is 0 Å². The first-order valence-corrected chi connectivity index (χ1v) is 9.33. The molecule has 0 fully saturated rings. The van der Waals surface area contributed by atoms with Crippen LogP contribution in [0, 0.1) is 6.92 Å². The fourth-order valence-corrected chi connectivity index (χ4v) is 3.02. The molecule has 0 aliphatic rings. The normalized spacial score (nSPS) is 10.4. The maximum Gasteiger partial charge on any atom is 0.262 e. The van der Waals surface area contributed by atoms with Crippen LogP contribution in [0.25, 0.3) is 0 Å². The molecule has 0 heterocycles. The van der Waals surface area contributed by atoms with Gasteiger partial charge in [-0.05, 0) is 35.7 Å². The number of halogens is 1. The van der Waals surface area contributed by atoms with E-state index in [0.29, 0.717) is 22.2 Å². The number of ether oxygens (including phenoxy) is 2. The zero-order chi connectivity index (χ0) is 19.9. The molecule has 5 heteroatoms. The SMILES string of the molecule is COc1cc(Cl)c(C)cc1NC(=O)COc1ccccc1Cc1ccccc1. The Morgan fingerprint density at radius 2 is 1.71 bits per heavy atom. The van der Waals surface area contributed by atoms with Crippen LogP contribution in [0.4, 0.5) is 5.69 Å². The quantitative estimate of drug-likeness (QED) is 0.593. The number of anilines is 1. The second-order valence-electron chi connectivity index (χ2n) is 6.41. The van der Waals surface area contributed by atoms with Crippen molar-refractivity contribution in [1.29, 1.82) is 0 Å². The van der Waals surface area contributed by atoms with Crippen LogP contribution in [0.2, 0.25) is 5.02 Å². The largest absolute Gasteiger partial charge is 0.495 e. The standard InChI is InChI=1S/C23H22ClNO3/c1-16-12-20(22(27-2)14-19(16)24)25-23(26)15-28-21-11-7-6-10-18(21)13-17-8-4-3-5-9-17/h3-12,14H,13,15H2,1-2H3,(H,25,26). The van der Waals surface area contributed by atoms with Crippen molar-refractivity contribution in [2.75, 3.05) is 19.0 Å². The van der Waals surface area contributed by atoms with E-state index in [9.17, 15) is 4.79 Å². The average Bonchev–Trinajstić information content (AvgIpc) is 2.70. The Labute approximate surface area is 170 Å². The summed E-state index contributed by atoms with van der Waals surface area (Å²) in [6.07, 6.45) is 0.739. The molecule has 4 nitrogen and oxygen atoms in total. The predicted octanol–water partition coefficient (Wildman–Crippen LogP) is 5.27. The fraction of sp³-hybridized carbons (Fsp3) is 0.174. The van der Waals surface area contributed by atoms with E-state index in [0.717, 1.165) is 17.5 Å². The first-order valence-electron chi connectivity index (χ1n) is 8.95. The molecule has 1 amide bonds. The van der Waals surface area contributed by atoms with Crippen LogP contribution in [-0.2, 0) is 11.2 Å². The molecule has 0 spiro atoms. The van der Waals surface area contributed by atoms with Crippen LogP contribution in [0.5, 0.6) is 11.5 Å². The average molecular weight is 396 g/mol. The number of aryl methyl sites for hydroxylation is 1. The van der Waals surface area contributed by atoms with E-state index >= 15 is 0 Å². The van der Waals surface area contributed by atoms with Crippen LogP contribution < -0.4 is 14.8 Å². The lowest BCUT2D eigenvalue weighted by molar-refractivity contribution is -0.118. The van der Waals surface area contributed by atoms with Crippen LogP contribution in [0.1, 0.15) is 16.7 Å². The number of para-hydroxylation sites is 1. The molecule has 0 aromatic heterocycles. The Morgan fingerprint density at radius 1 is 1.00 bits per heavy atom. The summed E-state index contributed by atoms with van der Waals surface area (Å²) in [5, 5.41) is 3.41. The topological polar surface area (TPSA) is 47.6 Å². The summed E-state index contributed by atoms with van der Waals surface area (Å²) in [4.78, 5) is 12.4. The monoisotopic (exact) mass is 395 g/mol. The van der Waals surface area contributed by atoms with Gasteiger partial charge in [-0.15, -0.1) is 0 Å². The molecule has 3 rings (SSSR count). The van der Waals surface area contributed by atoms with Crippen molar-refractivity contribution in [2.24, 2.45) is 0 Å². The second-order valence-corrected chi connectivity index (χ2v) is 6.82. The summed E-state index contributed by atoms with van der Waals surface area (Å²) in [6.45, 7) is 1.77. The minimum atomic E-state index is -0.269. The summed E-state index contributed by atoms with van der Waals surface area (Å²) >= 11 is 6.11. The molecule has 0 aliphatic heterocycles. The molecule has 1 N–H and O–H groups in total. The smallest absolute Gasteiger partial charge is 0.262 e. The van der Waals surface area contributed by atoms with E-state index in [4.69, 9.17) is 21.1 Å². The molecule has 3 aromatic rings. The Balaban J connectivity index is 1.66. The molecule has 0 bridgehead atoms. The van der Waals surface area contributed by atoms with Gasteiger partial charge < -0.3 is 14.8 Å². The zero-order valence-electron chi connectivity index (χ0n) is 15.9. The van der Waals surface area contributed by atoms with Gasteiger partial charge >= 0.3 is 0 Å². The Morgan fingerprint density at radius 3 is 2.46 bits per heavy atom. The van der Waals surface area contributed by atoms with Gasteiger partial charge in [0.15, 0.2) is 6.61 Å². The molecule has 0 aliphatic carbocycles. The van der Waals surface area contributed by atoms with Crippen molar-refractivity contribution in [1.82, 2.24) is 0 Å². The van der Waals surface area contributed by atoms with Gasteiger partial charge in [0, 0.05) is 17.5 Å². The summed E-state index contributed by atoms with van der Waals surface area (Å²) in [6, 6.07) is 21.3. The van der Waals surface area contributed by atoms with E-state index in [-0.39, 0.29) is 12.5 Å². The lowest BCUT2D eigenvalue weighted by Crippen LogP contribution is -2.21. The summed E-state index contributed by atoms with van der Waals surface area (Å²) in [5.74, 6) is 0.934. The number of rotatable bonds is 7. The van der Waals surface area contributed by atoms with Crippen molar-refractivity contribution in [3.63, 3.8) is 0 Å². The van der Waals surface area contributed by atoms with Gasteiger partial charge in [-0.3, -0.25) is 4.79 Å². The van der Waals surface area contributed by atoms with E-state index in [2.05, 4.69) is 17.4 Å². The minimum Gasteiger partial charge on any atom is -0.495 e. The van der Waals surface area contributed by atoms with Crippen molar-refractivity contribution in [3.8, 4) is 11.5 Å². The van der Waals surface area contributed by atoms with E-state index in [1.165, 1.54) is 12.7 Å². The number of methoxy groups -OCH3 is 1. The van der Waals surface area contributed by atoms with Crippen molar-refractivity contribution in [3.05, 3.63) is 88.4 Å². The highest BCUT2D eigenvalue weighted by Gasteiger charge is 2.12. The van der Waals surface area contributed by atoms with Crippen LogP contribution >= 0.6 is 11.6 Å². The third kappa shape index (κ3) is 5.05. The van der Waals surface area contributed by atoms with E-state index in [1.54, 1.807) is 12.1 Å². The molecule has 0 saturated carbocycles. The van der Waals surface area contributed by atoms with E-state index in [1.807, 2.05) is 49.4 Å². The highest BCUT2D eigenvalue weighted by molar-refractivity contribution is 6.31. The highest BCUT2D eigenvalue weighted by atomic mass is 35.5. The molecule has 3 aromatic carbocycles. The van der Waals surface area contributed by atoms with Crippen molar-refractivity contribution in [2.45, 2.75) is 13.3 Å². The molecule has 144 valence electrons. The van der Waals surface area contributed by atoms with Crippen LogP contribution in [0.15, 0.2) is 66.7 Å². The maximum absolute atomic E-state index is 12.4. The zero-order valence-corrected chi connectivity index (χ0v) is 16.6. The van der Waals surface area contributed by atoms with Gasteiger partial charge in [-0.1, -0.05) is 60.1 Å². The molecule has 0 atom stereocenters. The van der Waals surface area contributed by atoms with Crippen molar-refractivity contribution >= 4 is 23.2 Å². The van der Waals surface area contributed by atoms with Gasteiger partial charge in [0.05, 0.1) is 12.8 Å². The van der Waals surface area contributed by atoms with Gasteiger partial charge in [-0.25, -0.2) is 0 Å². The highest BCUT2D eigenvalue weighted by Crippen LogP contribution is 2.31. The predicted molar refractivity (Wildman–Crippen MR) is 113 cm³/mol. The lowest BCUT2D eigenvalue weighted by Gasteiger charge is -2.14. The Bertz CT molecular complexity index is 957. The third-order valence-electron chi connectivity index (χ3n) is 4.32. The fourth-order valence-electron chi connectivity index (χ4n) is 2.87. The number of benzene rings is 3. The lowest BCUT2D eigenvalue weighted by atomic mass is 10.0. The van der Waals surface area contributed by atoms with Crippen LogP contribution in [-0.4, -0.2) is 19.6 Å². The number of nitrogens with one attached hydrogen (secondary N) is 1. The second kappa shape index (κ2) is 9.29. The summed E-state index contributed by atoms with van der Waals surface area (Å²) in [7, 11) is 1.53. The third-order valence-corrected chi connectivity index (χ3v) is 4.73. The maximum atomic E-state index is 12.4. The van der Waals surface area contributed by atoms with Gasteiger partial charge in [0.2, 0.25) is 0 Å². The number of amides is 1. The number of carbonyl (C=O) groups is 1. The minimum absolute atomic E-state index is 0.101. The Kier molecular flexibility index (Phi) is 6.56. The molecular weight excluding hydrogens is 374 g/mol.